The number of nitrogens with one attached hydrogen (secondary N) is 2. The molecule has 1 atom stereocenters. The van der Waals surface area contributed by atoms with Crippen LogP contribution < -0.4 is 5.56 Å². The Balaban J connectivity index is 2.04. The van der Waals surface area contributed by atoms with E-state index in [1.165, 1.54) is 10.9 Å². The van der Waals surface area contributed by atoms with Crippen molar-refractivity contribution >= 4 is 9.73 Å². The summed E-state index contributed by atoms with van der Waals surface area (Å²) < 4.78 is 21.8. The van der Waals surface area contributed by atoms with Crippen molar-refractivity contribution in [2.75, 3.05) is 0 Å². The number of hydrogen-bond acceptors (Lipinski definition) is 5. The second-order valence-corrected chi connectivity index (χ2v) is 9.06. The molecule has 0 fully saturated rings. The van der Waals surface area contributed by atoms with E-state index in [4.69, 9.17) is 10.0 Å². The molecule has 27 heavy (non-hydrogen) atoms. The van der Waals surface area contributed by atoms with Gasteiger partial charge in [0.25, 0.3) is 5.56 Å². The van der Waals surface area contributed by atoms with Crippen LogP contribution in [0, 0.1) is 23.0 Å². The third-order valence-electron chi connectivity index (χ3n) is 4.34. The number of benzene rings is 1. The Morgan fingerprint density at radius 2 is 1.89 bits per heavy atom. The van der Waals surface area contributed by atoms with Crippen LogP contribution in [0.4, 0.5) is 0 Å². The van der Waals surface area contributed by atoms with Crippen LogP contribution in [0.2, 0.25) is 0 Å². The minimum Gasteiger partial charge on any atom is -0.293 e. The van der Waals surface area contributed by atoms with E-state index in [2.05, 4.69) is 16.2 Å². The van der Waals surface area contributed by atoms with Gasteiger partial charge in [0.05, 0.1) is 31.8 Å². The van der Waals surface area contributed by atoms with Crippen LogP contribution in [0.5, 0.6) is 0 Å². The van der Waals surface area contributed by atoms with Crippen LogP contribution in [0.15, 0.2) is 52.3 Å². The Labute approximate surface area is 157 Å². The third-order valence-corrected chi connectivity index (χ3v) is 6.61. The number of rotatable bonds is 4. The van der Waals surface area contributed by atoms with Gasteiger partial charge in [-0.2, -0.15) is 5.26 Å². The van der Waals surface area contributed by atoms with Gasteiger partial charge in [-0.15, -0.1) is 0 Å². The van der Waals surface area contributed by atoms with Gasteiger partial charge < -0.3 is 0 Å². The van der Waals surface area contributed by atoms with Crippen molar-refractivity contribution in [2.24, 2.45) is 0 Å². The monoisotopic (exact) mass is 381 g/mol. The third kappa shape index (κ3) is 3.29. The quantitative estimate of drug-likeness (QED) is 0.722. The highest BCUT2D eigenvalue weighted by atomic mass is 32.2. The molecule has 0 unspecified atom stereocenters. The Morgan fingerprint density at radius 1 is 1.22 bits per heavy atom. The maximum atomic E-state index is 12.9. The molecule has 138 valence electrons. The van der Waals surface area contributed by atoms with Gasteiger partial charge in [-0.05, 0) is 50.6 Å². The summed E-state index contributed by atoms with van der Waals surface area (Å²) in [6.45, 7) is 5.24. The van der Waals surface area contributed by atoms with Crippen molar-refractivity contribution < 1.29 is 4.21 Å². The van der Waals surface area contributed by atoms with Crippen molar-refractivity contribution in [3.63, 3.8) is 0 Å². The Hall–Kier alpha value is -3.18. The minimum absolute atomic E-state index is 0.270. The number of nitriles is 1. The zero-order valence-corrected chi connectivity index (χ0v) is 16.0. The molecule has 0 amide bonds. The summed E-state index contributed by atoms with van der Waals surface area (Å²) in [5.74, 6) is 0.353. The van der Waals surface area contributed by atoms with Crippen molar-refractivity contribution in [1.29, 1.82) is 10.0 Å². The highest BCUT2D eigenvalue weighted by Gasteiger charge is 2.18. The molecule has 3 aromatic rings. The summed E-state index contributed by atoms with van der Waals surface area (Å²) in [7, 11) is -2.92. The Morgan fingerprint density at radius 3 is 2.41 bits per heavy atom. The number of aryl methyl sites for hydroxylation is 1. The molecule has 0 saturated carbocycles. The lowest BCUT2D eigenvalue weighted by atomic mass is 10.1. The first kappa shape index (κ1) is 18.6. The predicted octanol–water partition coefficient (Wildman–Crippen LogP) is 3.22. The fourth-order valence-corrected chi connectivity index (χ4v) is 3.74. The SMILES string of the molecule is Cc1[nH]n(-c2ccc([S@](=N)(=O)C(C)C)cn2)c(=O)c1-c1ccc(C#N)cc1. The standard InChI is InChI=1S/C19H19N5O2S/c1-12(2)27(21,26)16-8-9-17(22-11-16)24-19(25)18(13(3)23-24)15-6-4-14(10-20)5-7-15/h4-9,11-12,21,23H,1-3H3/t27-/m1/s1. The van der Waals surface area contributed by atoms with Crippen molar-refractivity contribution in [1.82, 2.24) is 14.8 Å². The largest absolute Gasteiger partial charge is 0.293 e. The molecular weight excluding hydrogens is 362 g/mol. The van der Waals surface area contributed by atoms with Gasteiger partial charge in [0, 0.05) is 17.1 Å². The van der Waals surface area contributed by atoms with Crippen LogP contribution in [0.25, 0.3) is 16.9 Å². The lowest BCUT2D eigenvalue weighted by molar-refractivity contribution is 0.666. The maximum Gasteiger partial charge on any atom is 0.280 e. The summed E-state index contributed by atoms with van der Waals surface area (Å²) in [5, 5.41) is 11.6. The summed E-state index contributed by atoms with van der Waals surface area (Å²) in [6.07, 6.45) is 1.38. The highest BCUT2D eigenvalue weighted by molar-refractivity contribution is 7.93. The summed E-state index contributed by atoms with van der Waals surface area (Å²) in [6, 6.07) is 12.0. The van der Waals surface area contributed by atoms with Crippen molar-refractivity contribution in [3.05, 3.63) is 64.2 Å². The van der Waals surface area contributed by atoms with Gasteiger partial charge >= 0.3 is 0 Å². The zero-order chi connectivity index (χ0) is 19.8. The zero-order valence-electron chi connectivity index (χ0n) is 15.2. The van der Waals surface area contributed by atoms with Crippen LogP contribution in [-0.2, 0) is 9.73 Å². The van der Waals surface area contributed by atoms with Crippen LogP contribution in [-0.4, -0.2) is 24.2 Å². The molecular formula is C19H19N5O2S. The fourth-order valence-electron chi connectivity index (χ4n) is 2.72. The van der Waals surface area contributed by atoms with E-state index in [1.54, 1.807) is 57.2 Å². The van der Waals surface area contributed by atoms with Crippen LogP contribution in [0.1, 0.15) is 25.1 Å². The average molecular weight is 381 g/mol. The summed E-state index contributed by atoms with van der Waals surface area (Å²) in [5.41, 5.74) is 2.12. The smallest absolute Gasteiger partial charge is 0.280 e. The Kier molecular flexibility index (Phi) is 4.72. The molecule has 2 heterocycles. The van der Waals surface area contributed by atoms with E-state index in [0.29, 0.717) is 33.1 Å². The van der Waals surface area contributed by atoms with E-state index < -0.39 is 9.73 Å². The van der Waals surface area contributed by atoms with Gasteiger partial charge in [-0.25, -0.2) is 18.7 Å². The van der Waals surface area contributed by atoms with Gasteiger partial charge in [0.15, 0.2) is 5.82 Å². The number of aromatic amines is 1. The van der Waals surface area contributed by atoms with E-state index in [-0.39, 0.29) is 10.8 Å². The molecule has 0 radical (unpaired) electrons. The first-order valence-corrected chi connectivity index (χ1v) is 9.94. The predicted molar refractivity (Wildman–Crippen MR) is 103 cm³/mol. The molecule has 0 aliphatic carbocycles. The van der Waals surface area contributed by atoms with E-state index in [1.807, 2.05) is 0 Å². The van der Waals surface area contributed by atoms with E-state index >= 15 is 0 Å². The van der Waals surface area contributed by atoms with Gasteiger partial charge in [0.2, 0.25) is 0 Å². The second-order valence-electron chi connectivity index (χ2n) is 6.44. The van der Waals surface area contributed by atoms with Crippen LogP contribution >= 0.6 is 0 Å². The first-order chi connectivity index (χ1) is 12.8. The fraction of sp³-hybridized carbons (Fsp3) is 0.211. The molecule has 1 aromatic carbocycles. The topological polar surface area (TPSA) is 115 Å². The molecule has 0 aliphatic rings. The molecule has 7 nitrogen and oxygen atoms in total. The molecule has 0 saturated heterocycles. The lowest BCUT2D eigenvalue weighted by Gasteiger charge is -2.11. The van der Waals surface area contributed by atoms with Gasteiger partial charge in [-0.3, -0.25) is 9.89 Å². The lowest BCUT2D eigenvalue weighted by Crippen LogP contribution is -2.18. The van der Waals surface area contributed by atoms with Crippen LogP contribution in [0.3, 0.4) is 0 Å². The number of H-pyrrole nitrogens is 1. The molecule has 0 spiro atoms. The normalized spacial score (nSPS) is 13.3. The van der Waals surface area contributed by atoms with E-state index in [9.17, 15) is 9.00 Å². The second kappa shape index (κ2) is 6.85. The molecule has 2 aromatic heterocycles. The molecule has 8 heteroatoms. The number of hydrogen-bond donors (Lipinski definition) is 2. The van der Waals surface area contributed by atoms with E-state index in [0.717, 1.165) is 0 Å². The highest BCUT2D eigenvalue weighted by Crippen LogP contribution is 2.21. The Bertz CT molecular complexity index is 1180. The number of pyridine rings is 1. The van der Waals surface area contributed by atoms with Gasteiger partial charge in [0.1, 0.15) is 0 Å². The molecule has 2 N–H and O–H groups in total. The number of nitrogens with zero attached hydrogens (tertiary/aromatic N) is 3. The minimum atomic E-state index is -2.92. The summed E-state index contributed by atoms with van der Waals surface area (Å²) in [4.78, 5) is 17.4. The van der Waals surface area contributed by atoms with Crippen molar-refractivity contribution in [3.8, 4) is 23.0 Å². The first-order valence-electron chi connectivity index (χ1n) is 8.32. The number of aromatic nitrogens is 3. The van der Waals surface area contributed by atoms with Gasteiger partial charge in [-0.1, -0.05) is 12.1 Å². The average Bonchev–Trinajstić information content (AvgIpc) is 2.96. The summed E-state index contributed by atoms with van der Waals surface area (Å²) >= 11 is 0. The molecule has 3 rings (SSSR count). The molecule has 0 aliphatic heterocycles. The molecule has 0 bridgehead atoms. The van der Waals surface area contributed by atoms with Crippen molar-refractivity contribution in [2.45, 2.75) is 30.9 Å². The maximum absolute atomic E-state index is 12.9.